The molecule has 6 heteroatoms. The molecule has 1 unspecified atom stereocenters. The lowest BCUT2D eigenvalue weighted by Gasteiger charge is -2.18. The van der Waals surface area contributed by atoms with Crippen molar-refractivity contribution in [1.29, 1.82) is 0 Å². The van der Waals surface area contributed by atoms with E-state index in [0.29, 0.717) is 19.3 Å². The van der Waals surface area contributed by atoms with Crippen LogP contribution in [0.2, 0.25) is 0 Å². The van der Waals surface area contributed by atoms with Gasteiger partial charge in [-0.2, -0.15) is 0 Å². The molecule has 0 aromatic rings. The number of esters is 3. The van der Waals surface area contributed by atoms with Gasteiger partial charge in [-0.25, -0.2) is 0 Å². The van der Waals surface area contributed by atoms with E-state index >= 15 is 0 Å². The van der Waals surface area contributed by atoms with Crippen molar-refractivity contribution in [3.63, 3.8) is 0 Å². The number of carbonyl (C=O) groups excluding carboxylic acids is 3. The van der Waals surface area contributed by atoms with Crippen molar-refractivity contribution in [3.8, 4) is 0 Å². The van der Waals surface area contributed by atoms with Crippen LogP contribution in [0.25, 0.3) is 0 Å². The molecular formula is C71H120O6. The summed E-state index contributed by atoms with van der Waals surface area (Å²) in [6.45, 7) is 6.47. The summed E-state index contributed by atoms with van der Waals surface area (Å²) in [6.07, 6.45) is 88.3. The first-order chi connectivity index (χ1) is 38.0. The van der Waals surface area contributed by atoms with Gasteiger partial charge in [-0.3, -0.25) is 14.4 Å². The third-order valence-electron chi connectivity index (χ3n) is 13.7. The zero-order valence-electron chi connectivity index (χ0n) is 50.4. The van der Waals surface area contributed by atoms with E-state index in [4.69, 9.17) is 14.2 Å². The first-order valence-corrected chi connectivity index (χ1v) is 32.4. The molecule has 0 saturated heterocycles. The highest BCUT2D eigenvalue weighted by Gasteiger charge is 2.19. The summed E-state index contributed by atoms with van der Waals surface area (Å²) in [4.78, 5) is 38.1. The molecule has 6 nitrogen and oxygen atoms in total. The van der Waals surface area contributed by atoms with Crippen molar-refractivity contribution in [2.45, 2.75) is 309 Å². The van der Waals surface area contributed by atoms with Gasteiger partial charge >= 0.3 is 17.9 Å². The highest BCUT2D eigenvalue weighted by atomic mass is 16.6. The van der Waals surface area contributed by atoms with Gasteiger partial charge < -0.3 is 14.2 Å². The lowest BCUT2D eigenvalue weighted by atomic mass is 10.0. The van der Waals surface area contributed by atoms with E-state index in [9.17, 15) is 14.4 Å². The van der Waals surface area contributed by atoms with Crippen LogP contribution in [0.1, 0.15) is 303 Å². The van der Waals surface area contributed by atoms with Crippen molar-refractivity contribution >= 4 is 17.9 Å². The summed E-state index contributed by atoms with van der Waals surface area (Å²) in [5.74, 6) is -0.897. The second kappa shape index (κ2) is 64.6. The van der Waals surface area contributed by atoms with Crippen molar-refractivity contribution in [2.24, 2.45) is 0 Å². The van der Waals surface area contributed by atoms with Gasteiger partial charge in [0.15, 0.2) is 6.10 Å². The van der Waals surface area contributed by atoms with E-state index in [2.05, 4.69) is 130 Å². The zero-order chi connectivity index (χ0) is 55.7. The number of ether oxygens (including phenoxy) is 3. The van der Waals surface area contributed by atoms with E-state index < -0.39 is 6.10 Å². The summed E-state index contributed by atoms with van der Waals surface area (Å²) in [5.41, 5.74) is 0. The van der Waals surface area contributed by atoms with Gasteiger partial charge in [0.2, 0.25) is 0 Å². The Morgan fingerprint density at radius 1 is 0.273 bits per heavy atom. The molecule has 77 heavy (non-hydrogen) atoms. The minimum atomic E-state index is -0.785. The van der Waals surface area contributed by atoms with E-state index in [1.165, 1.54) is 141 Å². The molecule has 0 spiro atoms. The Labute approximate surface area is 476 Å². The summed E-state index contributed by atoms with van der Waals surface area (Å²) in [5, 5.41) is 0. The maximum atomic E-state index is 12.8. The number of allylic oxidation sites excluding steroid dienone is 18. The molecule has 0 N–H and O–H groups in total. The molecular weight excluding hydrogens is 949 g/mol. The van der Waals surface area contributed by atoms with Gasteiger partial charge in [0, 0.05) is 19.3 Å². The van der Waals surface area contributed by atoms with Gasteiger partial charge in [-0.1, -0.05) is 265 Å². The number of rotatable bonds is 58. The van der Waals surface area contributed by atoms with E-state index in [1.807, 2.05) is 0 Å². The average Bonchev–Trinajstić information content (AvgIpc) is 3.43. The molecule has 0 aliphatic heterocycles. The van der Waals surface area contributed by atoms with Crippen LogP contribution in [0.4, 0.5) is 0 Å². The van der Waals surface area contributed by atoms with Crippen LogP contribution >= 0.6 is 0 Å². The molecule has 0 aromatic heterocycles. The fourth-order valence-corrected chi connectivity index (χ4v) is 8.88. The van der Waals surface area contributed by atoms with Crippen LogP contribution < -0.4 is 0 Å². The van der Waals surface area contributed by atoms with E-state index in [-0.39, 0.29) is 31.1 Å². The lowest BCUT2D eigenvalue weighted by molar-refractivity contribution is -0.167. The van der Waals surface area contributed by atoms with Gasteiger partial charge in [0.1, 0.15) is 13.2 Å². The quantitative estimate of drug-likeness (QED) is 0.0261. The second-order valence-corrected chi connectivity index (χ2v) is 21.3. The van der Waals surface area contributed by atoms with Crippen LogP contribution in [-0.2, 0) is 28.6 Å². The maximum Gasteiger partial charge on any atom is 0.306 e. The topological polar surface area (TPSA) is 78.9 Å². The number of hydrogen-bond donors (Lipinski definition) is 0. The molecule has 0 aliphatic carbocycles. The van der Waals surface area contributed by atoms with Crippen LogP contribution in [0.5, 0.6) is 0 Å². The average molecular weight is 1070 g/mol. The summed E-state index contributed by atoms with van der Waals surface area (Å²) in [7, 11) is 0. The highest BCUT2D eigenvalue weighted by Crippen LogP contribution is 2.16. The van der Waals surface area contributed by atoms with Gasteiger partial charge in [-0.05, 0) is 128 Å². The van der Waals surface area contributed by atoms with Crippen molar-refractivity contribution < 1.29 is 28.6 Å². The summed E-state index contributed by atoms with van der Waals surface area (Å²) >= 11 is 0. The first kappa shape index (κ1) is 73.1. The van der Waals surface area contributed by atoms with Crippen LogP contribution in [0.3, 0.4) is 0 Å². The van der Waals surface area contributed by atoms with Gasteiger partial charge in [0.05, 0.1) is 0 Å². The highest BCUT2D eigenvalue weighted by molar-refractivity contribution is 5.71. The predicted molar refractivity (Wildman–Crippen MR) is 334 cm³/mol. The third kappa shape index (κ3) is 62.8. The summed E-state index contributed by atoms with van der Waals surface area (Å²) in [6, 6.07) is 0. The molecule has 0 rings (SSSR count). The number of carbonyl (C=O) groups is 3. The maximum absolute atomic E-state index is 12.8. The van der Waals surface area contributed by atoms with Crippen LogP contribution in [-0.4, -0.2) is 37.2 Å². The molecule has 1 atom stereocenters. The largest absolute Gasteiger partial charge is 0.462 e. The molecule has 440 valence electrons. The Kier molecular flexibility index (Phi) is 61.3. The Hall–Kier alpha value is -3.93. The fraction of sp³-hybridized carbons (Fsp3) is 0.704. The first-order valence-electron chi connectivity index (χ1n) is 32.4. The standard InChI is InChI=1S/C71H120O6/c1-4-7-10-13-16-19-22-25-26-27-28-29-30-31-32-33-34-35-36-37-38-39-40-41-42-43-44-45-46-47-50-52-55-58-61-64-70(73)76-67-68(77-71(74)65-62-59-56-53-49-24-21-18-15-12-9-6-3)66-75-69(72)63-60-57-54-51-48-23-20-17-14-11-8-5-2/h7,10,16-21,25-26,28-29,31-32,34-35,37-38,68H,4-6,8-9,11-15,22-24,27,30,33,36,39-67H2,1-3H3/b10-7-,19-16-,20-17-,21-18-,26-25-,29-28-,32-31-,35-34-,38-37-. The third-order valence-corrected chi connectivity index (χ3v) is 13.7. The SMILES string of the molecule is CC/C=C\C/C=C\C/C=C\C/C=C\C/C=C\C/C=C\C/C=C\CCCCCCCCCCCCCCCC(=O)OCC(COC(=O)CCCCCCC/C=C\CCCCC)OC(=O)CCCCCCC/C=C\CCCCC. The Morgan fingerprint density at radius 3 is 0.805 bits per heavy atom. The van der Waals surface area contributed by atoms with Crippen molar-refractivity contribution in [2.75, 3.05) is 13.2 Å². The minimum absolute atomic E-state index is 0.0828. The molecule has 0 amide bonds. The molecule has 0 fully saturated rings. The zero-order valence-corrected chi connectivity index (χ0v) is 50.4. The summed E-state index contributed by atoms with van der Waals surface area (Å²) < 4.78 is 16.9. The number of unbranched alkanes of at least 4 members (excludes halogenated alkanes) is 29. The fourth-order valence-electron chi connectivity index (χ4n) is 8.88. The Bertz CT molecular complexity index is 1560. The van der Waals surface area contributed by atoms with E-state index in [1.54, 1.807) is 0 Å². The predicted octanol–water partition coefficient (Wildman–Crippen LogP) is 22.2. The van der Waals surface area contributed by atoms with Gasteiger partial charge in [-0.15, -0.1) is 0 Å². The molecule has 0 bridgehead atoms. The number of hydrogen-bond acceptors (Lipinski definition) is 6. The van der Waals surface area contributed by atoms with E-state index in [0.717, 1.165) is 122 Å². The molecule has 0 heterocycles. The smallest absolute Gasteiger partial charge is 0.306 e. The van der Waals surface area contributed by atoms with Gasteiger partial charge in [0.25, 0.3) is 0 Å². The molecule has 0 aliphatic rings. The monoisotopic (exact) mass is 1070 g/mol. The molecule has 0 aromatic carbocycles. The van der Waals surface area contributed by atoms with Crippen molar-refractivity contribution in [1.82, 2.24) is 0 Å². The normalized spacial score (nSPS) is 12.8. The molecule has 0 radical (unpaired) electrons. The Balaban J connectivity index is 4.12. The minimum Gasteiger partial charge on any atom is -0.462 e. The van der Waals surface area contributed by atoms with Crippen LogP contribution in [0, 0.1) is 0 Å². The van der Waals surface area contributed by atoms with Crippen molar-refractivity contribution in [3.05, 3.63) is 109 Å². The lowest BCUT2D eigenvalue weighted by Crippen LogP contribution is -2.30. The molecule has 0 saturated carbocycles. The Morgan fingerprint density at radius 2 is 0.506 bits per heavy atom. The van der Waals surface area contributed by atoms with Crippen LogP contribution in [0.15, 0.2) is 109 Å². The second-order valence-electron chi connectivity index (χ2n) is 21.3.